The third-order valence-electron chi connectivity index (χ3n) is 4.26. The van der Waals surface area contributed by atoms with E-state index in [0.29, 0.717) is 18.5 Å². The van der Waals surface area contributed by atoms with E-state index in [4.69, 9.17) is 0 Å². The summed E-state index contributed by atoms with van der Waals surface area (Å²) < 4.78 is 40.1. The third kappa shape index (κ3) is 3.20. The Morgan fingerprint density at radius 2 is 1.74 bits per heavy atom. The van der Waals surface area contributed by atoms with Crippen LogP contribution in [-0.2, 0) is 19.8 Å². The van der Waals surface area contributed by atoms with Gasteiger partial charge in [0.15, 0.2) is 0 Å². The SMILES string of the molecule is CCCn1c2c(c(=O)n(C)c1=O)C(=O)/C(=C/c1ccc(C(F)(F)F)cc1)N2. The number of Topliss-reactive ketones (excluding diaryl/α,β-unsaturated/α-hetero) is 1. The summed E-state index contributed by atoms with van der Waals surface area (Å²) in [7, 11) is 1.29. The summed E-state index contributed by atoms with van der Waals surface area (Å²) in [5.74, 6) is -0.483. The fraction of sp³-hybridized carbons (Fsp3) is 0.278. The summed E-state index contributed by atoms with van der Waals surface area (Å²) in [4.78, 5) is 37.3. The Labute approximate surface area is 151 Å². The van der Waals surface area contributed by atoms with Crippen molar-refractivity contribution in [2.24, 2.45) is 7.05 Å². The zero-order valence-electron chi connectivity index (χ0n) is 14.6. The fourth-order valence-electron chi connectivity index (χ4n) is 2.89. The van der Waals surface area contributed by atoms with E-state index in [-0.39, 0.29) is 17.1 Å². The number of nitrogens with one attached hydrogen (secondary N) is 1. The first-order valence-corrected chi connectivity index (χ1v) is 8.19. The molecule has 1 aliphatic rings. The van der Waals surface area contributed by atoms with Gasteiger partial charge in [0.05, 0.1) is 11.3 Å². The van der Waals surface area contributed by atoms with Gasteiger partial charge < -0.3 is 5.32 Å². The number of anilines is 1. The molecule has 0 fully saturated rings. The molecule has 2 heterocycles. The average molecular weight is 379 g/mol. The summed E-state index contributed by atoms with van der Waals surface area (Å²) in [6.45, 7) is 2.16. The Balaban J connectivity index is 2.06. The lowest BCUT2D eigenvalue weighted by molar-refractivity contribution is -0.137. The predicted octanol–water partition coefficient (Wildman–Crippen LogP) is 2.63. The Kier molecular flexibility index (Phi) is 4.54. The number of carbonyl (C=O) groups is 1. The topological polar surface area (TPSA) is 73.1 Å². The summed E-state index contributed by atoms with van der Waals surface area (Å²) in [5.41, 5.74) is -1.83. The molecule has 1 aliphatic heterocycles. The van der Waals surface area contributed by atoms with E-state index in [1.165, 1.54) is 29.8 Å². The van der Waals surface area contributed by atoms with Gasteiger partial charge in [-0.3, -0.25) is 18.7 Å². The number of halogens is 3. The van der Waals surface area contributed by atoms with Crippen molar-refractivity contribution in [1.82, 2.24) is 9.13 Å². The third-order valence-corrected chi connectivity index (χ3v) is 4.26. The molecule has 6 nitrogen and oxygen atoms in total. The van der Waals surface area contributed by atoms with Crippen LogP contribution in [0.15, 0.2) is 39.6 Å². The minimum absolute atomic E-state index is 0.0253. The lowest BCUT2D eigenvalue weighted by Gasteiger charge is -2.11. The Hall–Kier alpha value is -3.10. The highest BCUT2D eigenvalue weighted by atomic mass is 19.4. The van der Waals surface area contributed by atoms with E-state index < -0.39 is 28.8 Å². The first-order chi connectivity index (χ1) is 12.6. The van der Waals surface area contributed by atoms with Crippen LogP contribution < -0.4 is 16.6 Å². The number of nitrogens with zero attached hydrogens (tertiary/aromatic N) is 2. The van der Waals surface area contributed by atoms with E-state index in [9.17, 15) is 27.6 Å². The summed E-state index contributed by atoms with van der Waals surface area (Å²) in [6.07, 6.45) is -2.49. The number of allylic oxidation sites excluding steroid dienone is 1. The van der Waals surface area contributed by atoms with Gasteiger partial charge in [-0.1, -0.05) is 19.1 Å². The standard InChI is InChI=1S/C18H16F3N3O3/c1-3-8-24-15-13(16(26)23(2)17(24)27)14(25)12(22-15)9-10-4-6-11(7-5-10)18(19,20)21/h4-7,9,22H,3,8H2,1-2H3/b12-9-. The van der Waals surface area contributed by atoms with Gasteiger partial charge in [0, 0.05) is 13.6 Å². The van der Waals surface area contributed by atoms with Crippen molar-refractivity contribution in [2.75, 3.05) is 5.32 Å². The second-order valence-electron chi connectivity index (χ2n) is 6.15. The highest BCUT2D eigenvalue weighted by molar-refractivity contribution is 6.19. The molecule has 0 amide bonds. The molecule has 1 aromatic heterocycles. The number of benzene rings is 1. The van der Waals surface area contributed by atoms with Crippen LogP contribution in [0.1, 0.15) is 34.8 Å². The molecule has 142 valence electrons. The Morgan fingerprint density at radius 1 is 1.11 bits per heavy atom. The zero-order chi connectivity index (χ0) is 19.9. The first kappa shape index (κ1) is 18.7. The van der Waals surface area contributed by atoms with Crippen molar-refractivity contribution < 1.29 is 18.0 Å². The molecule has 0 bridgehead atoms. The van der Waals surface area contributed by atoms with E-state index in [1.54, 1.807) is 0 Å². The second kappa shape index (κ2) is 6.57. The molecule has 3 rings (SSSR count). The minimum atomic E-state index is -4.45. The highest BCUT2D eigenvalue weighted by Crippen LogP contribution is 2.30. The average Bonchev–Trinajstić information content (AvgIpc) is 2.93. The molecule has 0 saturated carbocycles. The van der Waals surface area contributed by atoms with Crippen molar-refractivity contribution in [3.05, 3.63) is 67.5 Å². The van der Waals surface area contributed by atoms with Crippen molar-refractivity contribution >= 4 is 17.7 Å². The van der Waals surface area contributed by atoms with Crippen LogP contribution in [0.25, 0.3) is 6.08 Å². The maximum atomic E-state index is 12.7. The largest absolute Gasteiger partial charge is 0.416 e. The molecule has 1 aromatic carbocycles. The molecule has 1 N–H and O–H groups in total. The Morgan fingerprint density at radius 3 is 2.30 bits per heavy atom. The zero-order valence-corrected chi connectivity index (χ0v) is 14.6. The van der Waals surface area contributed by atoms with Gasteiger partial charge in [-0.05, 0) is 30.2 Å². The second-order valence-corrected chi connectivity index (χ2v) is 6.15. The van der Waals surface area contributed by atoms with E-state index >= 15 is 0 Å². The number of alkyl halides is 3. The van der Waals surface area contributed by atoms with Crippen molar-refractivity contribution in [2.45, 2.75) is 26.1 Å². The number of rotatable bonds is 3. The lowest BCUT2D eigenvalue weighted by Crippen LogP contribution is -2.40. The molecule has 2 aromatic rings. The molecular formula is C18H16F3N3O3. The number of aromatic nitrogens is 2. The molecule has 0 atom stereocenters. The van der Waals surface area contributed by atoms with E-state index in [0.717, 1.165) is 16.7 Å². The number of ketones is 1. The van der Waals surface area contributed by atoms with Gasteiger partial charge in [0.25, 0.3) is 5.56 Å². The molecule has 0 spiro atoms. The molecule has 0 unspecified atom stereocenters. The van der Waals surface area contributed by atoms with Crippen molar-refractivity contribution in [3.63, 3.8) is 0 Å². The molecule has 0 saturated heterocycles. The van der Waals surface area contributed by atoms with Crippen LogP contribution >= 0.6 is 0 Å². The van der Waals surface area contributed by atoms with Crippen LogP contribution in [0, 0.1) is 0 Å². The van der Waals surface area contributed by atoms with Gasteiger partial charge in [-0.2, -0.15) is 13.2 Å². The van der Waals surface area contributed by atoms with Crippen LogP contribution in [0.2, 0.25) is 0 Å². The smallest absolute Gasteiger partial charge is 0.338 e. The number of hydrogen-bond donors (Lipinski definition) is 1. The quantitative estimate of drug-likeness (QED) is 0.833. The van der Waals surface area contributed by atoms with E-state index in [1.807, 2.05) is 6.92 Å². The van der Waals surface area contributed by atoms with Gasteiger partial charge >= 0.3 is 11.9 Å². The monoisotopic (exact) mass is 379 g/mol. The highest BCUT2D eigenvalue weighted by Gasteiger charge is 2.33. The normalized spacial score (nSPS) is 15.1. The van der Waals surface area contributed by atoms with Crippen molar-refractivity contribution in [1.29, 1.82) is 0 Å². The summed E-state index contributed by atoms with van der Waals surface area (Å²) in [6, 6.07) is 4.27. The summed E-state index contributed by atoms with van der Waals surface area (Å²) in [5, 5.41) is 2.78. The van der Waals surface area contributed by atoms with Crippen LogP contribution in [0.5, 0.6) is 0 Å². The molecule has 0 radical (unpaired) electrons. The molecular weight excluding hydrogens is 363 g/mol. The van der Waals surface area contributed by atoms with Crippen molar-refractivity contribution in [3.8, 4) is 0 Å². The maximum Gasteiger partial charge on any atom is 0.416 e. The van der Waals surface area contributed by atoms with E-state index in [2.05, 4.69) is 5.32 Å². The summed E-state index contributed by atoms with van der Waals surface area (Å²) >= 11 is 0. The van der Waals surface area contributed by atoms with Gasteiger partial charge in [0.2, 0.25) is 5.78 Å². The van der Waals surface area contributed by atoms with Gasteiger partial charge in [0.1, 0.15) is 11.4 Å². The van der Waals surface area contributed by atoms with Gasteiger partial charge in [-0.25, -0.2) is 4.79 Å². The molecule has 9 heteroatoms. The maximum absolute atomic E-state index is 12.7. The first-order valence-electron chi connectivity index (χ1n) is 8.19. The number of fused-ring (bicyclic) bond motifs is 1. The van der Waals surface area contributed by atoms with Crippen LogP contribution in [0.4, 0.5) is 19.0 Å². The fourth-order valence-corrected chi connectivity index (χ4v) is 2.89. The number of carbonyl (C=O) groups excluding carboxylic acids is 1. The van der Waals surface area contributed by atoms with Crippen LogP contribution in [0.3, 0.4) is 0 Å². The molecule has 27 heavy (non-hydrogen) atoms. The molecule has 0 aliphatic carbocycles. The van der Waals surface area contributed by atoms with Gasteiger partial charge in [-0.15, -0.1) is 0 Å². The predicted molar refractivity (Wildman–Crippen MR) is 93.6 cm³/mol. The lowest BCUT2D eigenvalue weighted by atomic mass is 10.1. The van der Waals surface area contributed by atoms with Crippen LogP contribution in [-0.4, -0.2) is 14.9 Å². The number of hydrogen-bond acceptors (Lipinski definition) is 4. The Bertz CT molecular complexity index is 1060. The minimum Gasteiger partial charge on any atom is -0.338 e.